The third kappa shape index (κ3) is 3.53. The van der Waals surface area contributed by atoms with E-state index < -0.39 is 0 Å². The van der Waals surface area contributed by atoms with Crippen molar-refractivity contribution in [2.24, 2.45) is 11.8 Å². The van der Waals surface area contributed by atoms with Crippen molar-refractivity contribution in [2.75, 3.05) is 6.54 Å². The van der Waals surface area contributed by atoms with Gasteiger partial charge in [0.2, 0.25) is 5.89 Å². The van der Waals surface area contributed by atoms with E-state index in [1.807, 2.05) is 6.92 Å². The Morgan fingerprint density at radius 2 is 2.18 bits per heavy atom. The molecule has 0 amide bonds. The molecule has 0 spiro atoms. The highest BCUT2D eigenvalue weighted by Crippen LogP contribution is 2.28. The Morgan fingerprint density at radius 1 is 1.35 bits per heavy atom. The molecule has 0 aromatic carbocycles. The fraction of sp³-hybridized carbons (Fsp3) is 0.846. The second kappa shape index (κ2) is 5.63. The maximum absolute atomic E-state index is 5.10. The Kier molecular flexibility index (Phi) is 4.15. The van der Waals surface area contributed by atoms with Crippen molar-refractivity contribution in [1.29, 1.82) is 0 Å². The van der Waals surface area contributed by atoms with Crippen LogP contribution >= 0.6 is 0 Å². The summed E-state index contributed by atoms with van der Waals surface area (Å²) in [6, 6.07) is 0.662. The molecule has 4 heteroatoms. The van der Waals surface area contributed by atoms with Crippen LogP contribution in [0.15, 0.2) is 4.52 Å². The van der Waals surface area contributed by atoms with Crippen LogP contribution in [0, 0.1) is 18.8 Å². The lowest BCUT2D eigenvalue weighted by molar-refractivity contribution is 0.227. The standard InChI is InChI=1S/C13H23N3O/c1-9-4-5-12(10(2)8-9)14-7-6-13-15-11(3)16-17-13/h9-10,12,14H,4-8H2,1-3H3. The zero-order chi connectivity index (χ0) is 12.3. The van der Waals surface area contributed by atoms with Crippen molar-refractivity contribution < 1.29 is 4.52 Å². The fourth-order valence-electron chi connectivity index (χ4n) is 2.77. The van der Waals surface area contributed by atoms with Gasteiger partial charge in [-0.15, -0.1) is 0 Å². The van der Waals surface area contributed by atoms with E-state index in [2.05, 4.69) is 29.3 Å². The van der Waals surface area contributed by atoms with E-state index in [1.54, 1.807) is 0 Å². The molecule has 4 nitrogen and oxygen atoms in total. The van der Waals surface area contributed by atoms with Gasteiger partial charge >= 0.3 is 0 Å². The minimum absolute atomic E-state index is 0.662. The topological polar surface area (TPSA) is 51.0 Å². The third-order valence-electron chi connectivity index (χ3n) is 3.75. The lowest BCUT2D eigenvalue weighted by Crippen LogP contribution is -2.39. The lowest BCUT2D eigenvalue weighted by Gasteiger charge is -2.33. The molecule has 1 saturated carbocycles. The Morgan fingerprint density at radius 3 is 2.82 bits per heavy atom. The average Bonchev–Trinajstić information content (AvgIpc) is 2.68. The van der Waals surface area contributed by atoms with Gasteiger partial charge in [0.25, 0.3) is 0 Å². The largest absolute Gasteiger partial charge is 0.339 e. The van der Waals surface area contributed by atoms with E-state index in [9.17, 15) is 0 Å². The van der Waals surface area contributed by atoms with Gasteiger partial charge < -0.3 is 9.84 Å². The predicted octanol–water partition coefficient (Wildman–Crippen LogP) is 2.33. The van der Waals surface area contributed by atoms with E-state index in [0.717, 1.165) is 36.5 Å². The van der Waals surface area contributed by atoms with Crippen LogP contribution in [0.2, 0.25) is 0 Å². The van der Waals surface area contributed by atoms with Crippen LogP contribution in [0.25, 0.3) is 0 Å². The Balaban J connectivity index is 1.71. The number of nitrogens with zero attached hydrogens (tertiary/aromatic N) is 2. The highest BCUT2D eigenvalue weighted by atomic mass is 16.5. The summed E-state index contributed by atoms with van der Waals surface area (Å²) in [5.74, 6) is 3.14. The predicted molar refractivity (Wildman–Crippen MR) is 66.7 cm³/mol. The molecule has 0 saturated heterocycles. The summed E-state index contributed by atoms with van der Waals surface area (Å²) >= 11 is 0. The number of hydrogen-bond acceptors (Lipinski definition) is 4. The smallest absolute Gasteiger partial charge is 0.227 e. The maximum Gasteiger partial charge on any atom is 0.227 e. The zero-order valence-corrected chi connectivity index (χ0v) is 11.1. The number of aryl methyl sites for hydroxylation is 1. The van der Waals surface area contributed by atoms with Crippen LogP contribution in [0.1, 0.15) is 44.8 Å². The summed E-state index contributed by atoms with van der Waals surface area (Å²) in [5.41, 5.74) is 0. The summed E-state index contributed by atoms with van der Waals surface area (Å²) in [7, 11) is 0. The summed E-state index contributed by atoms with van der Waals surface area (Å²) in [5, 5.41) is 7.41. The van der Waals surface area contributed by atoms with Gasteiger partial charge in [-0.2, -0.15) is 4.98 Å². The lowest BCUT2D eigenvalue weighted by atomic mass is 9.80. The third-order valence-corrected chi connectivity index (χ3v) is 3.75. The molecule has 3 unspecified atom stereocenters. The van der Waals surface area contributed by atoms with Gasteiger partial charge in [0, 0.05) is 19.0 Å². The van der Waals surface area contributed by atoms with Crippen LogP contribution in [-0.2, 0) is 6.42 Å². The minimum atomic E-state index is 0.662. The van der Waals surface area contributed by atoms with Crippen molar-refractivity contribution >= 4 is 0 Å². The first-order valence-electron chi connectivity index (χ1n) is 6.67. The number of rotatable bonds is 4. The van der Waals surface area contributed by atoms with Crippen molar-refractivity contribution in [3.8, 4) is 0 Å². The number of hydrogen-bond donors (Lipinski definition) is 1. The van der Waals surface area contributed by atoms with Crippen LogP contribution < -0.4 is 5.32 Å². The van der Waals surface area contributed by atoms with Gasteiger partial charge in [0.1, 0.15) is 0 Å². The molecule has 0 radical (unpaired) electrons. The van der Waals surface area contributed by atoms with Crippen LogP contribution in [0.3, 0.4) is 0 Å². The minimum Gasteiger partial charge on any atom is -0.339 e. The summed E-state index contributed by atoms with van der Waals surface area (Å²) in [6.45, 7) is 7.49. The summed E-state index contributed by atoms with van der Waals surface area (Å²) in [4.78, 5) is 4.21. The maximum atomic E-state index is 5.10. The molecular weight excluding hydrogens is 214 g/mol. The normalized spacial score (nSPS) is 29.5. The molecule has 96 valence electrons. The van der Waals surface area contributed by atoms with Crippen molar-refractivity contribution in [3.63, 3.8) is 0 Å². The number of nitrogens with one attached hydrogen (secondary N) is 1. The second-order valence-corrected chi connectivity index (χ2v) is 5.44. The molecule has 1 fully saturated rings. The van der Waals surface area contributed by atoms with Gasteiger partial charge in [-0.25, -0.2) is 0 Å². The van der Waals surface area contributed by atoms with E-state index >= 15 is 0 Å². The molecule has 1 heterocycles. The quantitative estimate of drug-likeness (QED) is 0.873. The molecule has 1 aromatic heterocycles. The van der Waals surface area contributed by atoms with Gasteiger partial charge in [-0.05, 0) is 38.0 Å². The Labute approximate surface area is 103 Å². The van der Waals surface area contributed by atoms with E-state index in [0.29, 0.717) is 6.04 Å². The van der Waals surface area contributed by atoms with Gasteiger partial charge in [-0.1, -0.05) is 19.0 Å². The first-order chi connectivity index (χ1) is 8.15. The molecule has 2 rings (SSSR count). The Bertz CT molecular complexity index is 350. The van der Waals surface area contributed by atoms with Gasteiger partial charge in [0.05, 0.1) is 0 Å². The van der Waals surface area contributed by atoms with Crippen molar-refractivity contribution in [1.82, 2.24) is 15.5 Å². The highest BCUT2D eigenvalue weighted by molar-refractivity contribution is 4.85. The van der Waals surface area contributed by atoms with E-state index in [1.165, 1.54) is 19.3 Å². The first-order valence-corrected chi connectivity index (χ1v) is 6.67. The SMILES string of the molecule is Cc1noc(CCNC2CCC(C)CC2C)n1. The van der Waals surface area contributed by atoms with Crippen molar-refractivity contribution in [3.05, 3.63) is 11.7 Å². The zero-order valence-electron chi connectivity index (χ0n) is 11.1. The molecule has 1 N–H and O–H groups in total. The first kappa shape index (κ1) is 12.6. The van der Waals surface area contributed by atoms with E-state index in [4.69, 9.17) is 4.52 Å². The average molecular weight is 237 g/mol. The fourth-order valence-corrected chi connectivity index (χ4v) is 2.77. The molecular formula is C13H23N3O. The summed E-state index contributed by atoms with van der Waals surface area (Å²) < 4.78 is 5.10. The molecule has 1 aliphatic rings. The van der Waals surface area contributed by atoms with Crippen LogP contribution in [-0.4, -0.2) is 22.7 Å². The highest BCUT2D eigenvalue weighted by Gasteiger charge is 2.24. The molecule has 1 aliphatic carbocycles. The molecule has 0 bridgehead atoms. The molecule has 0 aliphatic heterocycles. The van der Waals surface area contributed by atoms with Crippen LogP contribution in [0.5, 0.6) is 0 Å². The second-order valence-electron chi connectivity index (χ2n) is 5.44. The monoisotopic (exact) mass is 237 g/mol. The Hall–Kier alpha value is -0.900. The van der Waals surface area contributed by atoms with Crippen molar-refractivity contribution in [2.45, 2.75) is 52.5 Å². The summed E-state index contributed by atoms with van der Waals surface area (Å²) in [6.07, 6.45) is 4.82. The number of aromatic nitrogens is 2. The molecule has 17 heavy (non-hydrogen) atoms. The van der Waals surface area contributed by atoms with Gasteiger partial charge in [0.15, 0.2) is 5.82 Å². The van der Waals surface area contributed by atoms with Crippen LogP contribution in [0.4, 0.5) is 0 Å². The van der Waals surface area contributed by atoms with E-state index in [-0.39, 0.29) is 0 Å². The molecule has 1 aromatic rings. The molecule has 3 atom stereocenters. The van der Waals surface area contributed by atoms with Gasteiger partial charge in [-0.3, -0.25) is 0 Å².